The molecule has 0 saturated heterocycles. The van der Waals surface area contributed by atoms with E-state index in [2.05, 4.69) is 19.7 Å². The first-order valence-corrected chi connectivity index (χ1v) is 9.89. The second kappa shape index (κ2) is 10.2. The Hall–Kier alpha value is -3.22. The third-order valence-electron chi connectivity index (χ3n) is 4.85. The van der Waals surface area contributed by atoms with Gasteiger partial charge in [0.2, 0.25) is 0 Å². The Kier molecular flexibility index (Phi) is 7.91. The summed E-state index contributed by atoms with van der Waals surface area (Å²) < 4.78 is 30.6. The number of ether oxygens (including phenoxy) is 3. The van der Waals surface area contributed by atoms with Crippen LogP contribution >= 0.6 is 0 Å². The van der Waals surface area contributed by atoms with E-state index in [1.807, 2.05) is 0 Å². The quantitative estimate of drug-likeness (QED) is 0.353. The van der Waals surface area contributed by atoms with Crippen LogP contribution < -0.4 is 9.47 Å². The van der Waals surface area contributed by atoms with E-state index in [1.54, 1.807) is 12.1 Å². The number of carbonyl (C=O) groups excluding carboxylic acids is 3. The summed E-state index contributed by atoms with van der Waals surface area (Å²) >= 11 is 0. The maximum Gasteiger partial charge on any atom is 0.338 e. The number of hydrogen-bond acceptors (Lipinski definition) is 6. The summed E-state index contributed by atoms with van der Waals surface area (Å²) in [7, 11) is 0. The Morgan fingerprint density at radius 1 is 0.903 bits per heavy atom. The molecule has 1 fully saturated rings. The number of alkyl halides is 1. The zero-order valence-electron chi connectivity index (χ0n) is 18.0. The normalized spacial score (nSPS) is 20.3. The van der Waals surface area contributed by atoms with Crippen LogP contribution in [-0.2, 0) is 19.1 Å². The minimum absolute atomic E-state index is 0.0800. The third-order valence-corrected chi connectivity index (χ3v) is 4.85. The molecule has 0 aliphatic heterocycles. The second-order valence-corrected chi connectivity index (χ2v) is 7.79. The van der Waals surface area contributed by atoms with Gasteiger partial charge < -0.3 is 14.2 Å². The molecule has 1 aromatic rings. The van der Waals surface area contributed by atoms with E-state index in [-0.39, 0.29) is 40.6 Å². The molecular formula is C24H27FO6. The molecule has 2 rings (SSSR count). The summed E-state index contributed by atoms with van der Waals surface area (Å²) in [6.45, 7) is 15.1. The van der Waals surface area contributed by atoms with Crippen LogP contribution in [0.4, 0.5) is 4.39 Å². The lowest BCUT2D eigenvalue weighted by Crippen LogP contribution is -2.34. The third kappa shape index (κ3) is 6.38. The van der Waals surface area contributed by atoms with Crippen LogP contribution in [0, 0.1) is 0 Å². The Bertz CT molecular complexity index is 932. The van der Waals surface area contributed by atoms with Crippen molar-refractivity contribution in [1.29, 1.82) is 0 Å². The van der Waals surface area contributed by atoms with Crippen molar-refractivity contribution in [2.75, 3.05) is 0 Å². The molecule has 3 unspecified atom stereocenters. The first-order valence-electron chi connectivity index (χ1n) is 9.89. The van der Waals surface area contributed by atoms with Gasteiger partial charge in [0.25, 0.3) is 0 Å². The topological polar surface area (TPSA) is 78.9 Å². The zero-order chi connectivity index (χ0) is 23.3. The first kappa shape index (κ1) is 24.1. The Labute approximate surface area is 181 Å². The number of esters is 3. The monoisotopic (exact) mass is 430 g/mol. The number of benzene rings is 1. The van der Waals surface area contributed by atoms with Gasteiger partial charge in [-0.25, -0.2) is 18.8 Å². The summed E-state index contributed by atoms with van der Waals surface area (Å²) in [5.74, 6) is -1.84. The summed E-state index contributed by atoms with van der Waals surface area (Å²) in [4.78, 5) is 35.6. The van der Waals surface area contributed by atoms with E-state index in [4.69, 9.17) is 14.2 Å². The molecule has 0 bridgehead atoms. The van der Waals surface area contributed by atoms with Gasteiger partial charge in [-0.3, -0.25) is 0 Å². The van der Waals surface area contributed by atoms with Crippen molar-refractivity contribution in [2.45, 2.75) is 58.2 Å². The molecule has 0 amide bonds. The fourth-order valence-corrected chi connectivity index (χ4v) is 3.13. The Balaban J connectivity index is 2.26. The highest BCUT2D eigenvalue weighted by Crippen LogP contribution is 2.41. The van der Waals surface area contributed by atoms with Crippen LogP contribution in [0.2, 0.25) is 0 Å². The molecule has 0 heterocycles. The standard InChI is InChI=1S/C24H27FO6/c1-13(2)22(26)29-17-8-9-18(21(12-17)31-24(28)15(5)6)16-7-10-20(19(25)11-16)30-23(27)14(3)4/h8-9,12,16,19-20H,1,3,5,7,10-11H2,2,4,6H3. The molecule has 1 aliphatic rings. The molecule has 1 aromatic carbocycles. The lowest BCUT2D eigenvalue weighted by Gasteiger charge is -2.32. The highest BCUT2D eigenvalue weighted by molar-refractivity contribution is 5.90. The fraction of sp³-hybridized carbons (Fsp3) is 0.375. The predicted molar refractivity (Wildman–Crippen MR) is 114 cm³/mol. The molecule has 0 N–H and O–H groups in total. The average Bonchev–Trinajstić information content (AvgIpc) is 2.69. The summed E-state index contributed by atoms with van der Waals surface area (Å²) in [6, 6.07) is 4.60. The predicted octanol–water partition coefficient (Wildman–Crippen LogP) is 4.74. The molecule has 1 saturated carbocycles. The van der Waals surface area contributed by atoms with Gasteiger partial charge in [0.05, 0.1) is 0 Å². The van der Waals surface area contributed by atoms with E-state index in [9.17, 15) is 18.8 Å². The van der Waals surface area contributed by atoms with Crippen molar-refractivity contribution < 1.29 is 33.0 Å². The average molecular weight is 430 g/mol. The van der Waals surface area contributed by atoms with Crippen molar-refractivity contribution in [1.82, 2.24) is 0 Å². The molecule has 31 heavy (non-hydrogen) atoms. The van der Waals surface area contributed by atoms with Crippen LogP contribution in [0.25, 0.3) is 0 Å². The number of halogens is 1. The van der Waals surface area contributed by atoms with Crippen LogP contribution in [0.15, 0.2) is 54.7 Å². The van der Waals surface area contributed by atoms with Gasteiger partial charge in [-0.2, -0.15) is 0 Å². The number of hydrogen-bond donors (Lipinski definition) is 0. The minimum atomic E-state index is -1.38. The van der Waals surface area contributed by atoms with Crippen molar-refractivity contribution in [3.63, 3.8) is 0 Å². The van der Waals surface area contributed by atoms with E-state index in [0.717, 1.165) is 0 Å². The molecule has 166 valence electrons. The van der Waals surface area contributed by atoms with Crippen LogP contribution in [0.3, 0.4) is 0 Å². The minimum Gasteiger partial charge on any atom is -0.456 e. The summed E-state index contributed by atoms with van der Waals surface area (Å²) in [6.07, 6.45) is -1.33. The SMILES string of the molecule is C=C(C)C(=O)Oc1ccc(C2CCC(OC(=O)C(=C)C)C(F)C2)c(OC(=O)C(=C)C)c1. The molecule has 0 radical (unpaired) electrons. The summed E-state index contributed by atoms with van der Waals surface area (Å²) in [5.41, 5.74) is 1.21. The van der Waals surface area contributed by atoms with Crippen LogP contribution in [0.1, 0.15) is 51.5 Å². The van der Waals surface area contributed by atoms with Gasteiger partial charge in [-0.1, -0.05) is 25.8 Å². The van der Waals surface area contributed by atoms with Crippen molar-refractivity contribution in [2.24, 2.45) is 0 Å². The number of rotatable bonds is 7. The van der Waals surface area contributed by atoms with E-state index in [0.29, 0.717) is 18.4 Å². The lowest BCUT2D eigenvalue weighted by molar-refractivity contribution is -0.149. The highest BCUT2D eigenvalue weighted by atomic mass is 19.1. The van der Waals surface area contributed by atoms with Gasteiger partial charge in [0.1, 0.15) is 23.8 Å². The largest absolute Gasteiger partial charge is 0.456 e. The van der Waals surface area contributed by atoms with E-state index in [1.165, 1.54) is 26.8 Å². The highest BCUT2D eigenvalue weighted by Gasteiger charge is 2.35. The van der Waals surface area contributed by atoms with Gasteiger partial charge >= 0.3 is 17.9 Å². The van der Waals surface area contributed by atoms with Gasteiger partial charge in [0, 0.05) is 22.8 Å². The van der Waals surface area contributed by atoms with Crippen molar-refractivity contribution >= 4 is 17.9 Å². The molecular weight excluding hydrogens is 403 g/mol. The maximum atomic E-state index is 14.8. The van der Waals surface area contributed by atoms with Gasteiger partial charge in [-0.05, 0) is 57.6 Å². The molecule has 3 atom stereocenters. The fourth-order valence-electron chi connectivity index (χ4n) is 3.13. The smallest absolute Gasteiger partial charge is 0.338 e. The summed E-state index contributed by atoms with van der Waals surface area (Å²) in [5, 5.41) is 0. The van der Waals surface area contributed by atoms with Gasteiger partial charge in [0.15, 0.2) is 0 Å². The van der Waals surface area contributed by atoms with Gasteiger partial charge in [-0.15, -0.1) is 0 Å². The van der Waals surface area contributed by atoms with Crippen LogP contribution in [-0.4, -0.2) is 30.2 Å². The molecule has 7 heteroatoms. The molecule has 0 aromatic heterocycles. The van der Waals surface area contributed by atoms with E-state index < -0.39 is 30.2 Å². The lowest BCUT2D eigenvalue weighted by atomic mass is 9.81. The molecule has 6 nitrogen and oxygen atoms in total. The maximum absolute atomic E-state index is 14.8. The second-order valence-electron chi connectivity index (χ2n) is 7.79. The van der Waals surface area contributed by atoms with Crippen LogP contribution in [0.5, 0.6) is 11.5 Å². The van der Waals surface area contributed by atoms with Crippen molar-refractivity contribution in [3.8, 4) is 11.5 Å². The molecule has 1 aliphatic carbocycles. The number of carbonyl (C=O) groups is 3. The van der Waals surface area contributed by atoms with Crippen molar-refractivity contribution in [3.05, 3.63) is 60.2 Å². The Morgan fingerprint density at radius 2 is 1.48 bits per heavy atom. The zero-order valence-corrected chi connectivity index (χ0v) is 18.0. The first-order chi connectivity index (χ1) is 14.5. The van der Waals surface area contributed by atoms with E-state index >= 15 is 0 Å². The Morgan fingerprint density at radius 3 is 2.03 bits per heavy atom. The molecule has 0 spiro atoms.